The Balaban J connectivity index is 1.65. The van der Waals surface area contributed by atoms with Crippen LogP contribution in [0.3, 0.4) is 0 Å². The summed E-state index contributed by atoms with van der Waals surface area (Å²) in [5.74, 6) is -1.83. The molecule has 1 amide bonds. The van der Waals surface area contributed by atoms with E-state index in [1.165, 1.54) is 23.1 Å². The largest absolute Gasteiger partial charge is 0.481 e. The van der Waals surface area contributed by atoms with Crippen molar-refractivity contribution in [3.63, 3.8) is 0 Å². The lowest BCUT2D eigenvalue weighted by Gasteiger charge is -2.35. The van der Waals surface area contributed by atoms with E-state index < -0.39 is 17.8 Å². The minimum Gasteiger partial charge on any atom is -0.481 e. The quantitative estimate of drug-likeness (QED) is 0.909. The summed E-state index contributed by atoms with van der Waals surface area (Å²) < 4.78 is 0. The topological polar surface area (TPSA) is 57.6 Å². The molecule has 126 valence electrons. The molecule has 0 saturated carbocycles. The Bertz CT molecular complexity index is 715. The Kier molecular flexibility index (Phi) is 3.91. The number of carbonyl (C=O) groups is 2. The van der Waals surface area contributed by atoms with E-state index in [1.807, 2.05) is 17.0 Å². The van der Waals surface area contributed by atoms with Crippen LogP contribution in [0.4, 0.5) is 0 Å². The number of carbonyl (C=O) groups excluding carboxylic acids is 1. The van der Waals surface area contributed by atoms with Gasteiger partial charge < -0.3 is 10.0 Å². The fraction of sp³-hybridized carbons (Fsp3) is 0.500. The minimum absolute atomic E-state index is 0.0598. The van der Waals surface area contributed by atoms with E-state index in [9.17, 15) is 14.7 Å². The molecule has 4 rings (SSSR count). The molecule has 1 aliphatic heterocycles. The molecule has 4 nitrogen and oxygen atoms in total. The standard InChI is InChI=1S/C20H23NO3/c22-19(21-10-4-1-5-11-21)16-9-8-15-14-7-3-2-6-13(14)12-17(15)18(16)20(23)24/h2-3,6-7,16,18H,1,4-5,8-12H2,(H,23,24). The predicted octanol–water partition coefficient (Wildman–Crippen LogP) is 3.12. The Morgan fingerprint density at radius 1 is 1.08 bits per heavy atom. The zero-order valence-corrected chi connectivity index (χ0v) is 13.8. The van der Waals surface area contributed by atoms with Gasteiger partial charge in [0.2, 0.25) is 5.91 Å². The number of allylic oxidation sites excluding steroid dienone is 1. The van der Waals surface area contributed by atoms with Crippen LogP contribution in [0.5, 0.6) is 0 Å². The van der Waals surface area contributed by atoms with E-state index in [4.69, 9.17) is 0 Å². The number of nitrogens with zero attached hydrogens (tertiary/aromatic N) is 1. The van der Waals surface area contributed by atoms with E-state index in [-0.39, 0.29) is 5.91 Å². The molecule has 0 aromatic heterocycles. The molecule has 2 aliphatic carbocycles. The fourth-order valence-corrected chi connectivity index (χ4v) is 4.69. The van der Waals surface area contributed by atoms with Gasteiger partial charge in [-0.15, -0.1) is 0 Å². The van der Waals surface area contributed by atoms with Crippen LogP contribution in [0, 0.1) is 11.8 Å². The molecular formula is C20H23NO3. The van der Waals surface area contributed by atoms with Gasteiger partial charge in [0.05, 0.1) is 11.8 Å². The van der Waals surface area contributed by atoms with Gasteiger partial charge in [-0.2, -0.15) is 0 Å². The highest BCUT2D eigenvalue weighted by atomic mass is 16.4. The van der Waals surface area contributed by atoms with Gasteiger partial charge in [-0.25, -0.2) is 0 Å². The van der Waals surface area contributed by atoms with Crippen molar-refractivity contribution < 1.29 is 14.7 Å². The van der Waals surface area contributed by atoms with Crippen molar-refractivity contribution in [2.45, 2.75) is 38.5 Å². The summed E-state index contributed by atoms with van der Waals surface area (Å²) in [7, 11) is 0. The molecule has 0 radical (unpaired) electrons. The Hall–Kier alpha value is -2.10. The van der Waals surface area contributed by atoms with E-state index in [0.717, 1.165) is 37.9 Å². The molecule has 3 aliphatic rings. The number of aliphatic carboxylic acids is 1. The first kappa shape index (κ1) is 15.4. The number of rotatable bonds is 2. The lowest BCUT2D eigenvalue weighted by molar-refractivity contribution is -0.149. The third-order valence-electron chi connectivity index (χ3n) is 5.85. The second kappa shape index (κ2) is 6.08. The molecule has 0 spiro atoms. The lowest BCUT2D eigenvalue weighted by Crippen LogP contribution is -2.45. The third kappa shape index (κ3) is 2.45. The lowest BCUT2D eigenvalue weighted by atomic mass is 9.74. The summed E-state index contributed by atoms with van der Waals surface area (Å²) in [5.41, 5.74) is 4.56. The van der Waals surface area contributed by atoms with Gasteiger partial charge in [-0.1, -0.05) is 24.3 Å². The summed E-state index contributed by atoms with van der Waals surface area (Å²) in [6.45, 7) is 1.57. The number of likely N-dealkylation sites (tertiary alicyclic amines) is 1. The first-order valence-electron chi connectivity index (χ1n) is 8.98. The second-order valence-corrected chi connectivity index (χ2v) is 7.18. The average Bonchev–Trinajstić information content (AvgIpc) is 2.99. The van der Waals surface area contributed by atoms with Crippen molar-refractivity contribution in [3.8, 4) is 0 Å². The molecule has 4 heteroatoms. The number of hydrogen-bond acceptors (Lipinski definition) is 2. The average molecular weight is 325 g/mol. The molecule has 1 heterocycles. The van der Waals surface area contributed by atoms with E-state index >= 15 is 0 Å². The van der Waals surface area contributed by atoms with Crippen molar-refractivity contribution in [3.05, 3.63) is 41.0 Å². The van der Waals surface area contributed by atoms with Crippen molar-refractivity contribution >= 4 is 17.4 Å². The molecule has 1 N–H and O–H groups in total. The minimum atomic E-state index is -0.842. The summed E-state index contributed by atoms with van der Waals surface area (Å²) in [6, 6.07) is 8.18. The zero-order valence-electron chi connectivity index (χ0n) is 13.8. The van der Waals surface area contributed by atoms with Gasteiger partial charge in [-0.05, 0) is 60.8 Å². The summed E-state index contributed by atoms with van der Waals surface area (Å²) in [4.78, 5) is 26.9. The normalized spacial score (nSPS) is 26.1. The van der Waals surface area contributed by atoms with Crippen LogP contribution in [0.2, 0.25) is 0 Å². The van der Waals surface area contributed by atoms with Gasteiger partial charge >= 0.3 is 5.97 Å². The second-order valence-electron chi connectivity index (χ2n) is 7.18. The van der Waals surface area contributed by atoms with Crippen LogP contribution in [0.15, 0.2) is 29.8 Å². The van der Waals surface area contributed by atoms with Gasteiger partial charge in [-0.3, -0.25) is 9.59 Å². The number of fused-ring (bicyclic) bond motifs is 2. The van der Waals surface area contributed by atoms with Crippen molar-refractivity contribution in [1.29, 1.82) is 0 Å². The van der Waals surface area contributed by atoms with Gasteiger partial charge in [0.25, 0.3) is 0 Å². The molecule has 2 atom stereocenters. The number of piperidine rings is 1. The molecule has 24 heavy (non-hydrogen) atoms. The number of hydrogen-bond donors (Lipinski definition) is 1. The Morgan fingerprint density at radius 3 is 2.58 bits per heavy atom. The maximum absolute atomic E-state index is 13.0. The Labute approximate surface area is 142 Å². The molecule has 1 aromatic rings. The summed E-state index contributed by atoms with van der Waals surface area (Å²) >= 11 is 0. The maximum atomic E-state index is 13.0. The number of amides is 1. The summed E-state index contributed by atoms with van der Waals surface area (Å²) in [6.07, 6.45) is 5.40. The van der Waals surface area contributed by atoms with Crippen molar-refractivity contribution in [2.24, 2.45) is 11.8 Å². The van der Waals surface area contributed by atoms with Crippen molar-refractivity contribution in [1.82, 2.24) is 4.90 Å². The van der Waals surface area contributed by atoms with Crippen LogP contribution in [0.1, 0.15) is 43.2 Å². The van der Waals surface area contributed by atoms with Crippen LogP contribution in [0.25, 0.3) is 5.57 Å². The first-order chi connectivity index (χ1) is 11.7. The van der Waals surface area contributed by atoms with E-state index in [2.05, 4.69) is 12.1 Å². The maximum Gasteiger partial charge on any atom is 0.311 e. The monoisotopic (exact) mass is 325 g/mol. The highest BCUT2D eigenvalue weighted by Crippen LogP contribution is 2.47. The van der Waals surface area contributed by atoms with Crippen LogP contribution < -0.4 is 0 Å². The molecule has 1 fully saturated rings. The Morgan fingerprint density at radius 2 is 1.83 bits per heavy atom. The van der Waals surface area contributed by atoms with Gasteiger partial charge in [0.15, 0.2) is 0 Å². The molecule has 2 unspecified atom stereocenters. The number of carboxylic acid groups (broad SMARTS) is 1. The first-order valence-corrected chi connectivity index (χ1v) is 8.98. The van der Waals surface area contributed by atoms with Gasteiger partial charge in [0.1, 0.15) is 0 Å². The van der Waals surface area contributed by atoms with E-state index in [1.54, 1.807) is 0 Å². The smallest absolute Gasteiger partial charge is 0.311 e. The fourth-order valence-electron chi connectivity index (χ4n) is 4.69. The highest BCUT2D eigenvalue weighted by molar-refractivity contribution is 5.92. The molecule has 0 bridgehead atoms. The summed E-state index contributed by atoms with van der Waals surface area (Å²) in [5, 5.41) is 9.88. The third-order valence-corrected chi connectivity index (χ3v) is 5.85. The highest BCUT2D eigenvalue weighted by Gasteiger charge is 2.44. The van der Waals surface area contributed by atoms with Gasteiger partial charge in [0, 0.05) is 13.1 Å². The van der Waals surface area contributed by atoms with E-state index in [0.29, 0.717) is 12.8 Å². The number of benzene rings is 1. The molecule has 1 saturated heterocycles. The number of carboxylic acids is 1. The molecular weight excluding hydrogens is 302 g/mol. The molecule has 1 aromatic carbocycles. The van der Waals surface area contributed by atoms with Crippen LogP contribution in [-0.2, 0) is 16.0 Å². The zero-order chi connectivity index (χ0) is 16.7. The SMILES string of the molecule is O=C(O)C1C2=C(CCC1C(=O)N1CCCCC1)c1ccccc1C2. The van der Waals surface area contributed by atoms with Crippen molar-refractivity contribution in [2.75, 3.05) is 13.1 Å². The van der Waals surface area contributed by atoms with Crippen LogP contribution >= 0.6 is 0 Å². The van der Waals surface area contributed by atoms with Crippen LogP contribution in [-0.4, -0.2) is 35.0 Å². The predicted molar refractivity (Wildman–Crippen MR) is 91.3 cm³/mol.